The average molecular weight is 548 g/mol. The van der Waals surface area contributed by atoms with Gasteiger partial charge in [0.15, 0.2) is 0 Å². The molecule has 0 saturated carbocycles. The number of aromatic hydroxyl groups is 2. The summed E-state index contributed by atoms with van der Waals surface area (Å²) in [6, 6.07) is 9.74. The fourth-order valence-electron chi connectivity index (χ4n) is 4.16. The number of nitrogens with zero attached hydrogens (tertiary/aromatic N) is 2. The Kier molecular flexibility index (Phi) is 6.16. The second-order valence-electron chi connectivity index (χ2n) is 7.75. The molecule has 0 saturated heterocycles. The zero-order valence-electron chi connectivity index (χ0n) is 18.2. The molecule has 1 aliphatic rings. The first kappa shape index (κ1) is 22.0. The summed E-state index contributed by atoms with van der Waals surface area (Å²) in [6.45, 7) is 9.52. The summed E-state index contributed by atoms with van der Waals surface area (Å²) in [6.07, 6.45) is 1.77. The maximum atomic E-state index is 10.6. The summed E-state index contributed by atoms with van der Waals surface area (Å²) >= 11 is 5.24. The van der Waals surface area contributed by atoms with Crippen molar-refractivity contribution in [1.82, 2.24) is 8.10 Å². The van der Waals surface area contributed by atoms with Crippen LogP contribution in [0, 0.1) is 13.8 Å². The number of benzene rings is 2. The molecule has 0 bridgehead atoms. The fourth-order valence-corrected chi connectivity index (χ4v) is 6.24. The molecule has 4 rings (SSSR count). The van der Waals surface area contributed by atoms with Crippen LogP contribution in [0.1, 0.15) is 42.7 Å². The third-order valence-corrected chi connectivity index (χ3v) is 8.29. The topological polar surface area (TPSA) is 60.7 Å². The predicted molar refractivity (Wildman–Crippen MR) is 127 cm³/mol. The van der Waals surface area contributed by atoms with Crippen molar-refractivity contribution < 1.29 is 31.7 Å². The number of hydrogen-bond donors (Lipinski definition) is 3. The molecule has 2 heterocycles. The summed E-state index contributed by atoms with van der Waals surface area (Å²) in [5.74, 6) is 0.175. The molecule has 7 heteroatoms. The Labute approximate surface area is 199 Å². The van der Waals surface area contributed by atoms with Gasteiger partial charge in [0.1, 0.15) is 0 Å². The number of phenolic OH excluding ortho intramolecular Hbond substituents is 2. The van der Waals surface area contributed by atoms with Crippen LogP contribution in [0.3, 0.4) is 0 Å². The van der Waals surface area contributed by atoms with Crippen molar-refractivity contribution in [3.8, 4) is 11.5 Å². The van der Waals surface area contributed by atoms with Crippen molar-refractivity contribution in [3.63, 3.8) is 0 Å². The summed E-state index contributed by atoms with van der Waals surface area (Å²) < 4.78 is 7.85. The number of fused-ring (bicyclic) bond motifs is 1. The van der Waals surface area contributed by atoms with Crippen molar-refractivity contribution >= 4 is 39.6 Å². The van der Waals surface area contributed by atoms with Gasteiger partial charge in [0, 0.05) is 0 Å². The maximum absolute atomic E-state index is 10.6. The summed E-state index contributed by atoms with van der Waals surface area (Å²) in [7, 11) is 0. The van der Waals surface area contributed by atoms with Gasteiger partial charge in [-0.15, -0.1) is 0 Å². The van der Waals surface area contributed by atoms with Crippen LogP contribution in [0.2, 0.25) is 0 Å². The van der Waals surface area contributed by atoms with Crippen molar-refractivity contribution in [2.75, 3.05) is 4.90 Å². The van der Waals surface area contributed by atoms with Gasteiger partial charge in [-0.25, -0.2) is 0 Å². The van der Waals surface area contributed by atoms with E-state index < -0.39 is 21.5 Å². The van der Waals surface area contributed by atoms with Crippen molar-refractivity contribution in [2.24, 2.45) is 0 Å². The van der Waals surface area contributed by atoms with Gasteiger partial charge >= 0.3 is 200 Å². The van der Waals surface area contributed by atoms with E-state index >= 15 is 0 Å². The van der Waals surface area contributed by atoms with Crippen molar-refractivity contribution in [1.29, 1.82) is 0 Å². The SMILES string of the molecule is CCCn1c(C)c(C)c2cc(N3C(=S)N[I-]C=C3c3cc(CC)c(O)cc3O)ccc21. The molecule has 0 unspecified atom stereocenters. The second kappa shape index (κ2) is 8.70. The third-order valence-electron chi connectivity index (χ3n) is 5.92. The molecular weight excluding hydrogens is 521 g/mol. The van der Waals surface area contributed by atoms with Gasteiger partial charge in [-0.3, -0.25) is 0 Å². The molecular formula is C24H27IN3O2S-. The first-order valence-corrected chi connectivity index (χ1v) is 13.2. The monoisotopic (exact) mass is 548 g/mol. The van der Waals surface area contributed by atoms with Gasteiger partial charge in [0.05, 0.1) is 0 Å². The van der Waals surface area contributed by atoms with Crippen LogP contribution in [-0.2, 0) is 13.0 Å². The molecule has 0 radical (unpaired) electrons. The quantitative estimate of drug-likeness (QED) is 0.260. The van der Waals surface area contributed by atoms with Crippen LogP contribution in [0.4, 0.5) is 5.69 Å². The molecule has 0 amide bonds. The van der Waals surface area contributed by atoms with Crippen LogP contribution < -0.4 is 29.9 Å². The standard InChI is InChI=1S/C24H27IN3O2S/c1-5-9-27-15(4)14(3)18-11-17(7-8-20(18)27)28-21(13-25-26-24(28)31)19-10-16(6-2)22(29)12-23(19)30/h7-8,10-13,29-30H,5-6,9H2,1-4H3,(H,26,31)/q-1. The van der Waals surface area contributed by atoms with Gasteiger partial charge in [0.25, 0.3) is 0 Å². The molecule has 31 heavy (non-hydrogen) atoms. The molecule has 3 N–H and O–H groups in total. The molecule has 3 aromatic rings. The zero-order chi connectivity index (χ0) is 22.3. The van der Waals surface area contributed by atoms with Gasteiger partial charge in [0.2, 0.25) is 0 Å². The Morgan fingerprint density at radius 1 is 1.06 bits per heavy atom. The first-order valence-electron chi connectivity index (χ1n) is 10.4. The van der Waals surface area contributed by atoms with Gasteiger partial charge < -0.3 is 0 Å². The molecule has 0 aliphatic carbocycles. The molecule has 0 atom stereocenters. The summed E-state index contributed by atoms with van der Waals surface area (Å²) in [5, 5.41) is 22.6. The van der Waals surface area contributed by atoms with Crippen LogP contribution in [0.15, 0.2) is 34.4 Å². The molecule has 2 aromatic carbocycles. The number of thiocarbonyl (C=S) groups is 1. The van der Waals surface area contributed by atoms with E-state index in [1.165, 1.54) is 28.2 Å². The average Bonchev–Trinajstić information content (AvgIpc) is 2.98. The minimum atomic E-state index is -0.466. The Bertz CT molecular complexity index is 1220. The third kappa shape index (κ3) is 3.78. The van der Waals surface area contributed by atoms with Crippen LogP contribution in [0.25, 0.3) is 16.6 Å². The number of anilines is 1. The van der Waals surface area contributed by atoms with E-state index in [1.54, 1.807) is 0 Å². The molecule has 164 valence electrons. The number of aromatic nitrogens is 1. The molecule has 5 nitrogen and oxygen atoms in total. The van der Waals surface area contributed by atoms with E-state index in [4.69, 9.17) is 12.2 Å². The van der Waals surface area contributed by atoms with E-state index in [9.17, 15) is 10.2 Å². The first-order chi connectivity index (χ1) is 14.9. The van der Waals surface area contributed by atoms with Gasteiger partial charge in [-0.05, 0) is 0 Å². The molecule has 1 aromatic heterocycles. The van der Waals surface area contributed by atoms with Crippen molar-refractivity contribution in [2.45, 2.75) is 47.1 Å². The second-order valence-corrected chi connectivity index (χ2v) is 9.93. The van der Waals surface area contributed by atoms with Crippen molar-refractivity contribution in [3.05, 3.63) is 56.8 Å². The normalized spacial score (nSPS) is 14.4. The number of rotatable bonds is 5. The Balaban J connectivity index is 1.87. The number of aryl methyl sites for hydroxylation is 3. The minimum absolute atomic E-state index is 0.0573. The number of hydrogen-bond acceptors (Lipinski definition) is 3. The number of phenols is 2. The summed E-state index contributed by atoms with van der Waals surface area (Å²) in [5.41, 5.74) is 7.12. The Morgan fingerprint density at radius 2 is 1.84 bits per heavy atom. The number of nitrogens with one attached hydrogen (secondary N) is 1. The van der Waals surface area contributed by atoms with E-state index in [1.807, 2.05) is 17.9 Å². The van der Waals surface area contributed by atoms with Crippen LogP contribution >= 0.6 is 12.2 Å². The zero-order valence-corrected chi connectivity index (χ0v) is 21.1. The molecule has 1 aliphatic heterocycles. The van der Waals surface area contributed by atoms with Gasteiger partial charge in [-0.2, -0.15) is 0 Å². The predicted octanol–water partition coefficient (Wildman–Crippen LogP) is 2.34. The molecule has 0 fully saturated rings. The molecule has 0 spiro atoms. The Morgan fingerprint density at radius 3 is 2.55 bits per heavy atom. The van der Waals surface area contributed by atoms with E-state index in [2.05, 4.69) is 51.2 Å². The van der Waals surface area contributed by atoms with Gasteiger partial charge in [-0.1, -0.05) is 0 Å². The van der Waals surface area contributed by atoms with Crippen LogP contribution in [-0.4, -0.2) is 19.9 Å². The number of halogens is 1. The Hall–Kier alpha value is -2.26. The van der Waals surface area contributed by atoms with E-state index in [0.717, 1.165) is 29.9 Å². The summed E-state index contributed by atoms with van der Waals surface area (Å²) in [4.78, 5) is 2.00. The van der Waals surface area contributed by atoms with Crippen LogP contribution in [0.5, 0.6) is 11.5 Å². The fraction of sp³-hybridized carbons (Fsp3) is 0.292. The van der Waals surface area contributed by atoms with E-state index in [0.29, 0.717) is 17.1 Å². The van der Waals surface area contributed by atoms with E-state index in [-0.39, 0.29) is 11.5 Å².